The molecule has 8 heteroatoms. The smallest absolute Gasteiger partial charge is 0.261 e. The third-order valence-electron chi connectivity index (χ3n) is 2.94. The van der Waals surface area contributed by atoms with Crippen LogP contribution in [0.15, 0.2) is 29.4 Å². The number of hydrogen-bond donors (Lipinski definition) is 1. The molecule has 1 heterocycles. The molecule has 1 N–H and O–H groups in total. The normalized spacial score (nSPS) is 20.5. The highest BCUT2D eigenvalue weighted by atomic mass is 35.5. The molecule has 6 nitrogen and oxygen atoms in total. The topological polar surface area (TPSA) is 84.8 Å². The van der Waals surface area contributed by atoms with Crippen molar-refractivity contribution < 1.29 is 18.0 Å². The van der Waals surface area contributed by atoms with Gasteiger partial charge in [0.1, 0.15) is 0 Å². The average Bonchev–Trinajstić information content (AvgIpc) is 2.76. The van der Waals surface area contributed by atoms with E-state index >= 15 is 0 Å². The van der Waals surface area contributed by atoms with Gasteiger partial charge in [-0.1, -0.05) is 28.9 Å². The number of amides is 1. The zero-order valence-corrected chi connectivity index (χ0v) is 12.7. The first-order chi connectivity index (χ1) is 9.94. The van der Waals surface area contributed by atoms with Crippen molar-refractivity contribution in [3.05, 3.63) is 34.9 Å². The molecule has 1 saturated heterocycles. The molecule has 1 aliphatic heterocycles. The van der Waals surface area contributed by atoms with Gasteiger partial charge >= 0.3 is 0 Å². The van der Waals surface area contributed by atoms with Crippen molar-refractivity contribution in [2.75, 3.05) is 18.1 Å². The maximum absolute atomic E-state index is 11.5. The first-order valence-corrected chi connectivity index (χ1v) is 8.55. The van der Waals surface area contributed by atoms with Crippen LogP contribution < -0.4 is 5.32 Å². The van der Waals surface area contributed by atoms with Gasteiger partial charge < -0.3 is 10.2 Å². The first kappa shape index (κ1) is 15.8. The Bertz CT molecular complexity index is 628. The minimum atomic E-state index is -3.00. The van der Waals surface area contributed by atoms with Gasteiger partial charge in [-0.15, -0.1) is 0 Å². The summed E-state index contributed by atoms with van der Waals surface area (Å²) in [5.41, 5.74) is 0.793. The monoisotopic (exact) mass is 330 g/mol. The van der Waals surface area contributed by atoms with Crippen molar-refractivity contribution in [3.8, 4) is 0 Å². The number of nitrogens with zero attached hydrogens (tertiary/aromatic N) is 1. The third-order valence-corrected chi connectivity index (χ3v) is 4.96. The van der Waals surface area contributed by atoms with Crippen LogP contribution >= 0.6 is 11.6 Å². The lowest BCUT2D eigenvalue weighted by Crippen LogP contribution is -2.37. The number of carbonyl (C=O) groups excluding carboxylic acids is 1. The number of halogens is 1. The first-order valence-electron chi connectivity index (χ1n) is 6.35. The van der Waals surface area contributed by atoms with Crippen LogP contribution in [-0.4, -0.2) is 44.7 Å². The number of carbonyl (C=O) groups is 1. The highest BCUT2D eigenvalue weighted by molar-refractivity contribution is 7.91. The number of benzene rings is 1. The van der Waals surface area contributed by atoms with Gasteiger partial charge in [0.25, 0.3) is 5.91 Å². The summed E-state index contributed by atoms with van der Waals surface area (Å²) in [5, 5.41) is 6.90. The van der Waals surface area contributed by atoms with Gasteiger partial charge in [0.05, 0.1) is 17.7 Å². The number of hydrogen-bond acceptors (Lipinski definition) is 5. The lowest BCUT2D eigenvalue weighted by Gasteiger charge is -2.09. The van der Waals surface area contributed by atoms with E-state index in [1.54, 1.807) is 24.3 Å². The quantitative estimate of drug-likeness (QED) is 0.644. The predicted molar refractivity (Wildman–Crippen MR) is 80.2 cm³/mol. The minimum absolute atomic E-state index is 0.00716. The molecule has 2 rings (SSSR count). The molecule has 1 amide bonds. The van der Waals surface area contributed by atoms with Gasteiger partial charge in [-0.2, -0.15) is 0 Å². The zero-order chi connectivity index (χ0) is 15.3. The van der Waals surface area contributed by atoms with Crippen LogP contribution in [0.5, 0.6) is 0 Å². The van der Waals surface area contributed by atoms with Crippen molar-refractivity contribution in [1.29, 1.82) is 0 Å². The van der Waals surface area contributed by atoms with Crippen LogP contribution in [-0.2, 0) is 19.5 Å². The molecule has 1 fully saturated rings. The van der Waals surface area contributed by atoms with E-state index in [1.807, 2.05) is 0 Å². The molecule has 0 saturated carbocycles. The molecule has 0 radical (unpaired) electrons. The zero-order valence-electron chi connectivity index (χ0n) is 11.2. The average molecular weight is 331 g/mol. The Labute approximate surface area is 128 Å². The standard InChI is InChI=1S/C13H15ClN2O4S/c14-11-3-1-10(2-4-11)7-15-20-8-13(17)16-12-5-6-21(18,19)9-12/h1-4,7,12H,5-6,8-9H2,(H,16,17)/b15-7-/t12-/m0/s1. The second-order valence-electron chi connectivity index (χ2n) is 4.73. The summed E-state index contributed by atoms with van der Waals surface area (Å²) in [6, 6.07) is 6.63. The van der Waals surface area contributed by atoms with Crippen LogP contribution in [0.2, 0.25) is 5.02 Å². The predicted octanol–water partition coefficient (Wildman–Crippen LogP) is 0.994. The lowest BCUT2D eigenvalue weighted by molar-refractivity contribution is -0.126. The van der Waals surface area contributed by atoms with Gasteiger partial charge in [0.2, 0.25) is 0 Å². The summed E-state index contributed by atoms with van der Waals surface area (Å²) in [4.78, 5) is 16.4. The van der Waals surface area contributed by atoms with E-state index in [4.69, 9.17) is 16.4 Å². The number of sulfone groups is 1. The van der Waals surface area contributed by atoms with Gasteiger partial charge in [0, 0.05) is 11.1 Å². The Kier molecular flexibility index (Phi) is 5.19. The van der Waals surface area contributed by atoms with Crippen LogP contribution in [0.25, 0.3) is 0 Å². The largest absolute Gasteiger partial charge is 0.386 e. The SMILES string of the molecule is O=C(CO/N=C\c1ccc(Cl)cc1)N[C@H]1CCS(=O)(=O)C1. The van der Waals surface area contributed by atoms with E-state index in [-0.39, 0.29) is 30.1 Å². The highest BCUT2D eigenvalue weighted by Crippen LogP contribution is 2.11. The van der Waals surface area contributed by atoms with E-state index in [0.717, 1.165) is 5.56 Å². The molecule has 1 aromatic carbocycles. The van der Waals surface area contributed by atoms with Crippen molar-refractivity contribution in [3.63, 3.8) is 0 Å². The van der Waals surface area contributed by atoms with Gasteiger partial charge in [-0.3, -0.25) is 4.79 Å². The Balaban J connectivity index is 1.71. The summed E-state index contributed by atoms with van der Waals surface area (Å²) < 4.78 is 22.5. The van der Waals surface area contributed by atoms with Crippen LogP contribution in [0, 0.1) is 0 Å². The van der Waals surface area contributed by atoms with Gasteiger partial charge in [-0.25, -0.2) is 8.42 Å². The summed E-state index contributed by atoms with van der Waals surface area (Å²) in [6.45, 7) is -0.249. The van der Waals surface area contributed by atoms with Crippen LogP contribution in [0.4, 0.5) is 0 Å². The second kappa shape index (κ2) is 6.91. The van der Waals surface area contributed by atoms with Gasteiger partial charge in [0.15, 0.2) is 16.4 Å². The molecule has 0 bridgehead atoms. The fourth-order valence-corrected chi connectivity index (χ4v) is 3.72. The molecule has 21 heavy (non-hydrogen) atoms. The molecule has 0 unspecified atom stereocenters. The summed E-state index contributed by atoms with van der Waals surface area (Å²) in [5.74, 6) is -0.273. The van der Waals surface area contributed by atoms with E-state index in [2.05, 4.69) is 10.5 Å². The number of oxime groups is 1. The highest BCUT2D eigenvalue weighted by Gasteiger charge is 2.28. The van der Waals surface area contributed by atoms with Crippen LogP contribution in [0.1, 0.15) is 12.0 Å². The fraction of sp³-hybridized carbons (Fsp3) is 0.385. The van der Waals surface area contributed by atoms with Crippen molar-refractivity contribution in [2.45, 2.75) is 12.5 Å². The van der Waals surface area contributed by atoms with Gasteiger partial charge in [-0.05, 0) is 24.1 Å². The summed E-state index contributed by atoms with van der Waals surface area (Å²) >= 11 is 5.74. The molecule has 1 aromatic rings. The number of rotatable bonds is 5. The summed E-state index contributed by atoms with van der Waals surface area (Å²) in [7, 11) is -3.00. The summed E-state index contributed by atoms with van der Waals surface area (Å²) in [6.07, 6.45) is 1.91. The third kappa shape index (κ3) is 5.35. The maximum Gasteiger partial charge on any atom is 0.261 e. The molecular formula is C13H15ClN2O4S. The fourth-order valence-electron chi connectivity index (χ4n) is 1.92. The molecule has 0 spiro atoms. The van der Waals surface area contributed by atoms with Crippen molar-refractivity contribution in [2.24, 2.45) is 5.16 Å². The lowest BCUT2D eigenvalue weighted by atomic mass is 10.2. The molecular weight excluding hydrogens is 316 g/mol. The van der Waals surface area contributed by atoms with Crippen molar-refractivity contribution >= 4 is 33.6 Å². The number of nitrogens with one attached hydrogen (secondary N) is 1. The van der Waals surface area contributed by atoms with Crippen LogP contribution in [0.3, 0.4) is 0 Å². The molecule has 0 aliphatic carbocycles. The molecule has 0 aromatic heterocycles. The Hall–Kier alpha value is -1.60. The second-order valence-corrected chi connectivity index (χ2v) is 7.39. The van der Waals surface area contributed by atoms with E-state index in [9.17, 15) is 13.2 Å². The maximum atomic E-state index is 11.5. The van der Waals surface area contributed by atoms with E-state index in [1.165, 1.54) is 6.21 Å². The molecule has 1 atom stereocenters. The van der Waals surface area contributed by atoms with Crippen molar-refractivity contribution in [1.82, 2.24) is 5.32 Å². The molecule has 114 valence electrons. The Morgan fingerprint density at radius 2 is 2.14 bits per heavy atom. The van der Waals surface area contributed by atoms with E-state index in [0.29, 0.717) is 11.4 Å². The molecule has 1 aliphatic rings. The Morgan fingerprint density at radius 1 is 1.43 bits per heavy atom. The minimum Gasteiger partial charge on any atom is -0.386 e. The van der Waals surface area contributed by atoms with E-state index < -0.39 is 9.84 Å². The Morgan fingerprint density at radius 3 is 2.76 bits per heavy atom.